The van der Waals surface area contributed by atoms with E-state index in [9.17, 15) is 9.59 Å². The fourth-order valence-corrected chi connectivity index (χ4v) is 2.75. The first-order valence-corrected chi connectivity index (χ1v) is 7.89. The highest BCUT2D eigenvalue weighted by molar-refractivity contribution is 6.01. The van der Waals surface area contributed by atoms with Gasteiger partial charge in [-0.15, -0.1) is 0 Å². The number of hydrazone groups is 1. The van der Waals surface area contributed by atoms with E-state index in [0.717, 1.165) is 17.0 Å². The molecule has 1 aromatic carbocycles. The zero-order valence-electron chi connectivity index (χ0n) is 13.7. The van der Waals surface area contributed by atoms with Gasteiger partial charge in [0.15, 0.2) is 0 Å². The molecule has 0 bridgehead atoms. The number of nitrogens with zero attached hydrogens (tertiary/aromatic N) is 2. The maximum atomic E-state index is 12.3. The molecule has 0 aliphatic carbocycles. The summed E-state index contributed by atoms with van der Waals surface area (Å²) in [6, 6.07) is 11.0. The summed E-state index contributed by atoms with van der Waals surface area (Å²) in [4.78, 5) is 23.4. The van der Waals surface area contributed by atoms with Gasteiger partial charge in [0.25, 0.3) is 0 Å². The lowest BCUT2D eigenvalue weighted by atomic mass is 10.0. The quantitative estimate of drug-likeness (QED) is 0.937. The smallest absolute Gasteiger partial charge is 0.242 e. The third-order valence-electron chi connectivity index (χ3n) is 3.89. The molecular weight excluding hydrogens is 306 g/mol. The molecule has 2 heterocycles. The van der Waals surface area contributed by atoms with Crippen LogP contribution in [0.5, 0.6) is 0 Å². The number of hydrogen-bond acceptors (Lipinski definition) is 4. The SMILES string of the molecule is CCC(=O)N1N=C(c2ccco2)C[C@@H]1c1ccc(NC(C)=O)cc1. The highest BCUT2D eigenvalue weighted by atomic mass is 16.3. The molecule has 2 amide bonds. The number of anilines is 1. The van der Waals surface area contributed by atoms with Crippen molar-refractivity contribution in [3.05, 3.63) is 54.0 Å². The Morgan fingerprint density at radius 2 is 2.04 bits per heavy atom. The molecule has 6 heteroatoms. The fourth-order valence-electron chi connectivity index (χ4n) is 2.75. The Morgan fingerprint density at radius 3 is 2.62 bits per heavy atom. The number of nitrogens with one attached hydrogen (secondary N) is 1. The molecule has 6 nitrogen and oxygen atoms in total. The van der Waals surface area contributed by atoms with Crippen molar-refractivity contribution in [3.63, 3.8) is 0 Å². The van der Waals surface area contributed by atoms with Crippen molar-refractivity contribution in [2.24, 2.45) is 5.10 Å². The number of benzene rings is 1. The first-order valence-electron chi connectivity index (χ1n) is 7.89. The number of carbonyl (C=O) groups is 2. The van der Waals surface area contributed by atoms with E-state index >= 15 is 0 Å². The van der Waals surface area contributed by atoms with Gasteiger partial charge in [0.2, 0.25) is 11.8 Å². The minimum absolute atomic E-state index is 0.0347. The van der Waals surface area contributed by atoms with Gasteiger partial charge in [-0.2, -0.15) is 5.10 Å². The minimum Gasteiger partial charge on any atom is -0.463 e. The van der Waals surface area contributed by atoms with Crippen LogP contribution in [0.1, 0.15) is 44.1 Å². The summed E-state index contributed by atoms with van der Waals surface area (Å²) >= 11 is 0. The monoisotopic (exact) mass is 325 g/mol. The predicted octanol–water partition coefficient (Wildman–Crippen LogP) is 3.33. The van der Waals surface area contributed by atoms with E-state index in [1.807, 2.05) is 37.3 Å². The van der Waals surface area contributed by atoms with Gasteiger partial charge in [-0.1, -0.05) is 19.1 Å². The van der Waals surface area contributed by atoms with E-state index in [1.54, 1.807) is 12.3 Å². The van der Waals surface area contributed by atoms with E-state index in [1.165, 1.54) is 11.9 Å². The predicted molar refractivity (Wildman–Crippen MR) is 90.5 cm³/mol. The first-order chi connectivity index (χ1) is 11.6. The average Bonchev–Trinajstić information content (AvgIpc) is 3.23. The van der Waals surface area contributed by atoms with Gasteiger partial charge in [0, 0.05) is 25.5 Å². The van der Waals surface area contributed by atoms with Crippen LogP contribution < -0.4 is 5.32 Å². The van der Waals surface area contributed by atoms with Crippen molar-refractivity contribution < 1.29 is 14.0 Å². The molecule has 0 fully saturated rings. The first kappa shape index (κ1) is 16.0. The molecule has 1 aliphatic heterocycles. The van der Waals surface area contributed by atoms with Gasteiger partial charge in [-0.3, -0.25) is 9.59 Å². The van der Waals surface area contributed by atoms with E-state index in [0.29, 0.717) is 18.6 Å². The third kappa shape index (κ3) is 3.22. The van der Waals surface area contributed by atoms with Crippen LogP contribution in [0, 0.1) is 0 Å². The Hall–Kier alpha value is -2.89. The van der Waals surface area contributed by atoms with E-state index in [2.05, 4.69) is 10.4 Å². The van der Waals surface area contributed by atoms with Crippen molar-refractivity contribution in [2.75, 3.05) is 5.32 Å². The fraction of sp³-hybridized carbons (Fsp3) is 0.278. The van der Waals surface area contributed by atoms with Gasteiger partial charge < -0.3 is 9.73 Å². The highest BCUT2D eigenvalue weighted by Gasteiger charge is 2.33. The maximum Gasteiger partial charge on any atom is 0.242 e. The molecule has 0 saturated carbocycles. The second-order valence-corrected chi connectivity index (χ2v) is 5.64. The summed E-state index contributed by atoms with van der Waals surface area (Å²) in [5.41, 5.74) is 2.46. The standard InChI is InChI=1S/C18H19N3O3/c1-3-18(23)21-16(11-15(20-21)17-5-4-10-24-17)13-6-8-14(9-7-13)19-12(2)22/h4-10,16H,3,11H2,1-2H3,(H,19,22)/t16-/m1/s1. The number of hydrogen-bond donors (Lipinski definition) is 1. The molecule has 0 spiro atoms. The van der Waals surface area contributed by atoms with Crippen LogP contribution in [-0.4, -0.2) is 22.5 Å². The lowest BCUT2D eigenvalue weighted by molar-refractivity contribution is -0.132. The number of amides is 2. The molecule has 2 aromatic rings. The van der Waals surface area contributed by atoms with Crippen LogP contribution >= 0.6 is 0 Å². The summed E-state index contributed by atoms with van der Waals surface area (Å²) in [7, 11) is 0. The zero-order chi connectivity index (χ0) is 17.1. The molecule has 1 aromatic heterocycles. The lowest BCUT2D eigenvalue weighted by Crippen LogP contribution is -2.26. The molecule has 0 unspecified atom stereocenters. The summed E-state index contributed by atoms with van der Waals surface area (Å²) in [5, 5.41) is 8.74. The van der Waals surface area contributed by atoms with Gasteiger partial charge in [-0.05, 0) is 29.8 Å². The van der Waals surface area contributed by atoms with Crippen molar-refractivity contribution in [1.29, 1.82) is 0 Å². The number of carbonyl (C=O) groups excluding carboxylic acids is 2. The van der Waals surface area contributed by atoms with Crippen molar-refractivity contribution in [1.82, 2.24) is 5.01 Å². The van der Waals surface area contributed by atoms with Gasteiger partial charge in [-0.25, -0.2) is 5.01 Å². The molecular formula is C18H19N3O3. The summed E-state index contributed by atoms with van der Waals surface area (Å²) in [5.74, 6) is 0.531. The molecule has 0 radical (unpaired) electrons. The van der Waals surface area contributed by atoms with Crippen LogP contribution in [0.15, 0.2) is 52.2 Å². The van der Waals surface area contributed by atoms with Gasteiger partial charge in [0.1, 0.15) is 11.5 Å². The molecule has 24 heavy (non-hydrogen) atoms. The topological polar surface area (TPSA) is 74.9 Å². The Labute approximate surface area is 140 Å². The number of rotatable bonds is 4. The highest BCUT2D eigenvalue weighted by Crippen LogP contribution is 2.33. The van der Waals surface area contributed by atoms with Gasteiger partial charge >= 0.3 is 0 Å². The number of furan rings is 1. The summed E-state index contributed by atoms with van der Waals surface area (Å²) < 4.78 is 5.41. The minimum atomic E-state index is -0.163. The second-order valence-electron chi connectivity index (χ2n) is 5.64. The summed E-state index contributed by atoms with van der Waals surface area (Å²) in [6.45, 7) is 3.29. The normalized spacial score (nSPS) is 16.8. The lowest BCUT2D eigenvalue weighted by Gasteiger charge is -2.21. The van der Waals surface area contributed by atoms with Gasteiger partial charge in [0.05, 0.1) is 12.3 Å². The van der Waals surface area contributed by atoms with Crippen molar-refractivity contribution >= 4 is 23.2 Å². The largest absolute Gasteiger partial charge is 0.463 e. The van der Waals surface area contributed by atoms with Crippen LogP contribution in [-0.2, 0) is 9.59 Å². The average molecular weight is 325 g/mol. The van der Waals surface area contributed by atoms with Crippen LogP contribution in [0.2, 0.25) is 0 Å². The Morgan fingerprint density at radius 1 is 1.29 bits per heavy atom. The van der Waals surface area contributed by atoms with Crippen LogP contribution in [0.25, 0.3) is 0 Å². The maximum absolute atomic E-state index is 12.3. The zero-order valence-corrected chi connectivity index (χ0v) is 13.7. The molecule has 0 saturated heterocycles. The molecule has 1 aliphatic rings. The molecule has 1 N–H and O–H groups in total. The summed E-state index contributed by atoms with van der Waals surface area (Å²) in [6.07, 6.45) is 2.58. The van der Waals surface area contributed by atoms with Crippen LogP contribution in [0.4, 0.5) is 5.69 Å². The van der Waals surface area contributed by atoms with Crippen molar-refractivity contribution in [2.45, 2.75) is 32.7 Å². The third-order valence-corrected chi connectivity index (χ3v) is 3.89. The Kier molecular flexibility index (Phi) is 4.46. The van der Waals surface area contributed by atoms with E-state index < -0.39 is 0 Å². The van der Waals surface area contributed by atoms with Crippen LogP contribution in [0.3, 0.4) is 0 Å². The second kappa shape index (κ2) is 6.70. The Bertz CT molecular complexity index is 763. The molecule has 1 atom stereocenters. The van der Waals surface area contributed by atoms with E-state index in [4.69, 9.17) is 4.42 Å². The van der Waals surface area contributed by atoms with Crippen molar-refractivity contribution in [3.8, 4) is 0 Å². The Balaban J connectivity index is 1.86. The molecule has 3 rings (SSSR count). The molecule has 124 valence electrons. The van der Waals surface area contributed by atoms with E-state index in [-0.39, 0.29) is 17.9 Å².